The Morgan fingerprint density at radius 1 is 1.27 bits per heavy atom. The number of likely N-dealkylation sites (N-methyl/N-ethyl adjacent to an activating group) is 1. The molecular formula is C17H25Cl2N2O+. The number of halogens is 2. The number of hydrogen-bond acceptors (Lipinski definition) is 1. The zero-order valence-corrected chi connectivity index (χ0v) is 14.8. The van der Waals surface area contributed by atoms with Crippen LogP contribution in [0.5, 0.6) is 0 Å². The Morgan fingerprint density at radius 2 is 1.95 bits per heavy atom. The highest BCUT2D eigenvalue weighted by molar-refractivity contribution is 6.42. The van der Waals surface area contributed by atoms with E-state index in [0.29, 0.717) is 16.1 Å². The Balaban J connectivity index is 1.88. The molecular weight excluding hydrogens is 319 g/mol. The summed E-state index contributed by atoms with van der Waals surface area (Å²) in [5, 5.41) is 4.32. The summed E-state index contributed by atoms with van der Waals surface area (Å²) in [5.74, 6) is 0.143. The number of benzene rings is 1. The third-order valence-corrected chi connectivity index (χ3v) is 5.29. The van der Waals surface area contributed by atoms with Crippen molar-refractivity contribution >= 4 is 29.1 Å². The standard InChI is InChI=1S/C17H24Cl2N2O/c1-12(17(22)20-14-6-4-3-5-7-14)21(2)11-13-8-9-15(18)16(19)10-13/h8-10,12,14H,3-7,11H2,1-2H3,(H,20,22)/p+1/t12-/m0/s1. The summed E-state index contributed by atoms with van der Waals surface area (Å²) in [7, 11) is 2.04. The highest BCUT2D eigenvalue weighted by atomic mass is 35.5. The molecule has 0 aliphatic heterocycles. The topological polar surface area (TPSA) is 33.5 Å². The summed E-state index contributed by atoms with van der Waals surface area (Å²) in [5.41, 5.74) is 1.09. The van der Waals surface area contributed by atoms with E-state index in [1.54, 1.807) is 6.07 Å². The molecule has 2 atom stereocenters. The SMILES string of the molecule is C[C@@H](C(=O)NC1CCCCC1)[NH+](C)Cc1ccc(Cl)c(Cl)c1. The third-order valence-electron chi connectivity index (χ3n) is 4.55. The molecule has 0 aromatic heterocycles. The first-order valence-electron chi connectivity index (χ1n) is 8.04. The number of carbonyl (C=O) groups excluding carboxylic acids is 1. The number of rotatable bonds is 5. The lowest BCUT2D eigenvalue weighted by Gasteiger charge is -2.26. The van der Waals surface area contributed by atoms with E-state index in [0.717, 1.165) is 29.8 Å². The van der Waals surface area contributed by atoms with Gasteiger partial charge < -0.3 is 10.2 Å². The molecule has 122 valence electrons. The summed E-state index contributed by atoms with van der Waals surface area (Å²) in [6.07, 6.45) is 5.98. The Bertz CT molecular complexity index is 515. The van der Waals surface area contributed by atoms with Crippen LogP contribution in [-0.2, 0) is 11.3 Å². The van der Waals surface area contributed by atoms with Gasteiger partial charge in [0.2, 0.25) is 0 Å². The van der Waals surface area contributed by atoms with Crippen molar-refractivity contribution in [2.45, 2.75) is 57.7 Å². The van der Waals surface area contributed by atoms with Gasteiger partial charge in [-0.1, -0.05) is 48.5 Å². The number of quaternary nitrogens is 1. The molecule has 2 N–H and O–H groups in total. The smallest absolute Gasteiger partial charge is 0.278 e. The average Bonchev–Trinajstić information content (AvgIpc) is 2.51. The molecule has 0 spiro atoms. The average molecular weight is 344 g/mol. The summed E-state index contributed by atoms with van der Waals surface area (Å²) >= 11 is 12.0. The van der Waals surface area contributed by atoms with Gasteiger partial charge in [0.15, 0.2) is 6.04 Å². The fraction of sp³-hybridized carbons (Fsp3) is 0.588. The number of nitrogens with one attached hydrogen (secondary N) is 2. The number of amides is 1. The van der Waals surface area contributed by atoms with Crippen LogP contribution < -0.4 is 10.2 Å². The van der Waals surface area contributed by atoms with Crippen LogP contribution >= 0.6 is 23.2 Å². The van der Waals surface area contributed by atoms with Gasteiger partial charge in [0.05, 0.1) is 17.1 Å². The molecule has 5 heteroatoms. The second kappa shape index (κ2) is 8.19. The van der Waals surface area contributed by atoms with Crippen LogP contribution in [0.25, 0.3) is 0 Å². The van der Waals surface area contributed by atoms with Crippen LogP contribution in [0.2, 0.25) is 10.0 Å². The fourth-order valence-electron chi connectivity index (χ4n) is 2.92. The molecule has 0 saturated heterocycles. The van der Waals surface area contributed by atoms with Crippen molar-refractivity contribution in [1.82, 2.24) is 5.32 Å². The van der Waals surface area contributed by atoms with E-state index < -0.39 is 0 Å². The second-order valence-corrected chi connectivity index (χ2v) is 7.15. The van der Waals surface area contributed by atoms with E-state index in [1.807, 2.05) is 26.1 Å². The molecule has 1 unspecified atom stereocenters. The van der Waals surface area contributed by atoms with E-state index in [2.05, 4.69) is 5.32 Å². The van der Waals surface area contributed by atoms with E-state index >= 15 is 0 Å². The van der Waals surface area contributed by atoms with Crippen molar-refractivity contribution in [2.75, 3.05) is 7.05 Å². The third kappa shape index (κ3) is 4.87. The minimum atomic E-state index is -0.0867. The van der Waals surface area contributed by atoms with E-state index in [4.69, 9.17) is 23.2 Å². The first kappa shape index (κ1) is 17.6. The maximum Gasteiger partial charge on any atom is 0.278 e. The molecule has 2 rings (SSSR count). The van der Waals surface area contributed by atoms with Gasteiger partial charge in [0.25, 0.3) is 5.91 Å². The second-order valence-electron chi connectivity index (χ2n) is 6.34. The van der Waals surface area contributed by atoms with Crippen LogP contribution in [-0.4, -0.2) is 25.0 Å². The molecule has 1 fully saturated rings. The van der Waals surface area contributed by atoms with Crippen molar-refractivity contribution in [3.63, 3.8) is 0 Å². The van der Waals surface area contributed by atoms with Crippen LogP contribution in [0.15, 0.2) is 18.2 Å². The van der Waals surface area contributed by atoms with Crippen molar-refractivity contribution in [3.8, 4) is 0 Å². The van der Waals surface area contributed by atoms with E-state index in [1.165, 1.54) is 19.3 Å². The largest absolute Gasteiger partial charge is 0.348 e. The normalized spacial score (nSPS) is 18.7. The number of carbonyl (C=O) groups is 1. The summed E-state index contributed by atoms with van der Waals surface area (Å²) in [4.78, 5) is 13.5. The van der Waals surface area contributed by atoms with Crippen LogP contribution in [0, 0.1) is 0 Å². The molecule has 1 saturated carbocycles. The quantitative estimate of drug-likeness (QED) is 0.846. The zero-order valence-electron chi connectivity index (χ0n) is 13.3. The first-order valence-corrected chi connectivity index (χ1v) is 8.79. The predicted molar refractivity (Wildman–Crippen MR) is 91.5 cm³/mol. The lowest BCUT2D eigenvalue weighted by atomic mass is 9.95. The minimum absolute atomic E-state index is 0.0867. The van der Waals surface area contributed by atoms with Crippen LogP contribution in [0.1, 0.15) is 44.6 Å². The Labute approximate surface area is 143 Å². The highest BCUT2D eigenvalue weighted by Gasteiger charge is 2.25. The number of hydrogen-bond donors (Lipinski definition) is 2. The van der Waals surface area contributed by atoms with Gasteiger partial charge in [-0.2, -0.15) is 0 Å². The molecule has 1 aliphatic carbocycles. The highest BCUT2D eigenvalue weighted by Crippen LogP contribution is 2.22. The lowest BCUT2D eigenvalue weighted by molar-refractivity contribution is -0.908. The van der Waals surface area contributed by atoms with Crippen LogP contribution in [0.3, 0.4) is 0 Å². The maximum absolute atomic E-state index is 12.4. The summed E-state index contributed by atoms with van der Waals surface area (Å²) in [6.45, 7) is 2.72. The van der Waals surface area contributed by atoms with Crippen molar-refractivity contribution in [2.24, 2.45) is 0 Å². The predicted octanol–water partition coefficient (Wildman–Crippen LogP) is 2.85. The molecule has 0 heterocycles. The van der Waals surface area contributed by atoms with Crippen LogP contribution in [0.4, 0.5) is 0 Å². The molecule has 1 amide bonds. The van der Waals surface area contributed by atoms with E-state index in [9.17, 15) is 4.79 Å². The van der Waals surface area contributed by atoms with Crippen molar-refractivity contribution in [1.29, 1.82) is 0 Å². The monoisotopic (exact) mass is 343 g/mol. The minimum Gasteiger partial charge on any atom is -0.348 e. The molecule has 0 radical (unpaired) electrons. The summed E-state index contributed by atoms with van der Waals surface area (Å²) in [6, 6.07) is 5.92. The van der Waals surface area contributed by atoms with Gasteiger partial charge in [0.1, 0.15) is 6.54 Å². The van der Waals surface area contributed by atoms with Crippen molar-refractivity contribution in [3.05, 3.63) is 33.8 Å². The Kier molecular flexibility index (Phi) is 6.54. The Morgan fingerprint density at radius 3 is 2.59 bits per heavy atom. The zero-order chi connectivity index (χ0) is 16.1. The maximum atomic E-state index is 12.4. The van der Waals surface area contributed by atoms with Gasteiger partial charge in [-0.25, -0.2) is 0 Å². The lowest BCUT2D eigenvalue weighted by Crippen LogP contribution is -3.12. The van der Waals surface area contributed by atoms with Gasteiger partial charge in [-0.05, 0) is 31.9 Å². The Hall–Kier alpha value is -0.770. The van der Waals surface area contributed by atoms with Gasteiger partial charge in [-0.15, -0.1) is 0 Å². The molecule has 1 aromatic rings. The van der Waals surface area contributed by atoms with Gasteiger partial charge in [-0.3, -0.25) is 4.79 Å². The molecule has 1 aliphatic rings. The van der Waals surface area contributed by atoms with Gasteiger partial charge >= 0.3 is 0 Å². The molecule has 3 nitrogen and oxygen atoms in total. The fourth-order valence-corrected chi connectivity index (χ4v) is 3.24. The molecule has 0 bridgehead atoms. The van der Waals surface area contributed by atoms with Gasteiger partial charge in [0, 0.05) is 11.6 Å². The van der Waals surface area contributed by atoms with Crippen molar-refractivity contribution < 1.29 is 9.69 Å². The summed E-state index contributed by atoms with van der Waals surface area (Å²) < 4.78 is 0. The first-order chi connectivity index (χ1) is 10.5. The molecule has 1 aromatic carbocycles. The van der Waals surface area contributed by atoms with E-state index in [-0.39, 0.29) is 11.9 Å². The molecule has 22 heavy (non-hydrogen) atoms.